The van der Waals surface area contributed by atoms with Crippen LogP contribution < -0.4 is 5.32 Å². The number of carboxylic acids is 1. The average molecular weight is 290 g/mol. The van der Waals surface area contributed by atoms with Crippen LogP contribution in [0.1, 0.15) is 5.69 Å². The van der Waals surface area contributed by atoms with Crippen LogP contribution in [0.25, 0.3) is 0 Å². The predicted molar refractivity (Wildman–Crippen MR) is 71.3 cm³/mol. The van der Waals surface area contributed by atoms with Gasteiger partial charge in [0.2, 0.25) is 5.91 Å². The van der Waals surface area contributed by atoms with E-state index in [9.17, 15) is 9.59 Å². The molecule has 0 saturated heterocycles. The molecule has 1 aromatic rings. The molecule has 0 radical (unpaired) electrons. The number of aromatic nitrogens is 1. The maximum Gasteiger partial charge on any atom is 0.309 e. The van der Waals surface area contributed by atoms with Gasteiger partial charge >= 0.3 is 5.97 Å². The van der Waals surface area contributed by atoms with E-state index < -0.39 is 5.97 Å². The molecular formula is C10H14N2O4S2. The highest BCUT2D eigenvalue weighted by Gasteiger charge is 2.08. The van der Waals surface area contributed by atoms with Crippen LogP contribution in [-0.4, -0.2) is 47.2 Å². The first kappa shape index (κ1) is 14.9. The van der Waals surface area contributed by atoms with E-state index in [1.54, 1.807) is 12.5 Å². The molecule has 2 N–H and O–H groups in total. The topological polar surface area (TPSA) is 88.5 Å². The molecule has 0 aliphatic heterocycles. The van der Waals surface area contributed by atoms with Gasteiger partial charge in [-0.25, -0.2) is 4.98 Å². The van der Waals surface area contributed by atoms with E-state index in [4.69, 9.17) is 9.84 Å². The number of rotatable bonds is 8. The Hall–Kier alpha value is -1.12. The molecule has 0 bridgehead atoms. The molecule has 0 spiro atoms. The summed E-state index contributed by atoms with van der Waals surface area (Å²) in [6.07, 6.45) is -0.130. The lowest BCUT2D eigenvalue weighted by atomic mass is 10.3. The van der Waals surface area contributed by atoms with Crippen molar-refractivity contribution < 1.29 is 19.4 Å². The summed E-state index contributed by atoms with van der Waals surface area (Å²) in [6.45, 7) is 0.609. The lowest BCUT2D eigenvalue weighted by Gasteiger charge is -2.01. The van der Waals surface area contributed by atoms with Gasteiger partial charge in [0, 0.05) is 18.2 Å². The van der Waals surface area contributed by atoms with Crippen LogP contribution in [0.15, 0.2) is 5.38 Å². The lowest BCUT2D eigenvalue weighted by Crippen LogP contribution is -2.14. The third-order valence-corrected chi connectivity index (χ3v) is 3.52. The number of anilines is 1. The van der Waals surface area contributed by atoms with E-state index in [0.29, 0.717) is 23.2 Å². The summed E-state index contributed by atoms with van der Waals surface area (Å²) < 4.78 is 4.86. The number of carbonyl (C=O) groups is 2. The van der Waals surface area contributed by atoms with Crippen LogP contribution in [0.2, 0.25) is 0 Å². The SMILES string of the molecule is COCCSCC(=O)Nc1nc(CC(=O)O)cs1. The molecule has 8 heteroatoms. The number of carbonyl (C=O) groups excluding carboxylic acids is 1. The molecule has 0 aliphatic carbocycles. The predicted octanol–water partition coefficient (Wildman–Crippen LogP) is 1.09. The third-order valence-electron chi connectivity index (χ3n) is 1.80. The average Bonchev–Trinajstić information content (AvgIpc) is 2.71. The Labute approximate surface area is 113 Å². The summed E-state index contributed by atoms with van der Waals surface area (Å²) in [5.41, 5.74) is 0.454. The highest BCUT2D eigenvalue weighted by Crippen LogP contribution is 2.16. The van der Waals surface area contributed by atoms with Crippen molar-refractivity contribution in [3.63, 3.8) is 0 Å². The number of thiazole rings is 1. The van der Waals surface area contributed by atoms with Crippen molar-refractivity contribution in [2.75, 3.05) is 30.5 Å². The normalized spacial score (nSPS) is 10.3. The van der Waals surface area contributed by atoms with Gasteiger partial charge in [-0.1, -0.05) is 0 Å². The minimum Gasteiger partial charge on any atom is -0.481 e. The van der Waals surface area contributed by atoms with Crippen molar-refractivity contribution in [1.29, 1.82) is 0 Å². The van der Waals surface area contributed by atoms with E-state index in [1.807, 2.05) is 0 Å². The molecule has 6 nitrogen and oxygen atoms in total. The van der Waals surface area contributed by atoms with Gasteiger partial charge in [0.25, 0.3) is 0 Å². The third kappa shape index (κ3) is 5.99. The van der Waals surface area contributed by atoms with E-state index in [2.05, 4.69) is 10.3 Å². The van der Waals surface area contributed by atoms with Gasteiger partial charge in [0.1, 0.15) is 0 Å². The Bertz CT molecular complexity index is 408. The van der Waals surface area contributed by atoms with Gasteiger partial charge in [-0.15, -0.1) is 23.1 Å². The number of hydrogen-bond acceptors (Lipinski definition) is 6. The van der Waals surface area contributed by atoms with E-state index >= 15 is 0 Å². The fourth-order valence-electron chi connectivity index (χ4n) is 1.06. The molecule has 0 unspecified atom stereocenters. The maximum absolute atomic E-state index is 11.5. The zero-order valence-corrected chi connectivity index (χ0v) is 11.5. The number of aliphatic carboxylic acids is 1. The molecule has 0 aliphatic rings. The number of nitrogens with one attached hydrogen (secondary N) is 1. The van der Waals surface area contributed by atoms with Crippen molar-refractivity contribution in [2.24, 2.45) is 0 Å². The Morgan fingerprint density at radius 3 is 3.06 bits per heavy atom. The minimum atomic E-state index is -0.937. The lowest BCUT2D eigenvalue weighted by molar-refractivity contribution is -0.136. The van der Waals surface area contributed by atoms with Crippen LogP contribution in [-0.2, 0) is 20.7 Å². The highest BCUT2D eigenvalue weighted by atomic mass is 32.2. The number of ether oxygens (including phenoxy) is 1. The van der Waals surface area contributed by atoms with Gasteiger partial charge in [0.05, 0.1) is 24.5 Å². The molecule has 1 heterocycles. The monoisotopic (exact) mass is 290 g/mol. The Morgan fingerprint density at radius 2 is 2.39 bits per heavy atom. The summed E-state index contributed by atoms with van der Waals surface area (Å²) in [6, 6.07) is 0. The van der Waals surface area contributed by atoms with E-state index in [-0.39, 0.29) is 12.3 Å². The Balaban J connectivity index is 2.31. The van der Waals surface area contributed by atoms with Crippen molar-refractivity contribution in [2.45, 2.75) is 6.42 Å². The van der Waals surface area contributed by atoms with Crippen molar-refractivity contribution >= 4 is 40.1 Å². The summed E-state index contributed by atoms with van der Waals surface area (Å²) in [4.78, 5) is 26.0. The molecule has 1 aromatic heterocycles. The van der Waals surface area contributed by atoms with Crippen LogP contribution in [0.3, 0.4) is 0 Å². The van der Waals surface area contributed by atoms with E-state index in [1.165, 1.54) is 23.1 Å². The van der Waals surface area contributed by atoms with Crippen LogP contribution in [0, 0.1) is 0 Å². The molecule has 0 saturated carbocycles. The van der Waals surface area contributed by atoms with Crippen molar-refractivity contribution in [1.82, 2.24) is 4.98 Å². The molecule has 1 rings (SSSR count). The van der Waals surface area contributed by atoms with Crippen molar-refractivity contribution in [3.05, 3.63) is 11.1 Å². The van der Waals surface area contributed by atoms with Gasteiger partial charge in [-0.2, -0.15) is 0 Å². The Morgan fingerprint density at radius 1 is 1.61 bits per heavy atom. The highest BCUT2D eigenvalue weighted by molar-refractivity contribution is 7.99. The van der Waals surface area contributed by atoms with Crippen LogP contribution in [0.5, 0.6) is 0 Å². The second-order valence-corrected chi connectivity index (χ2v) is 5.27. The second kappa shape index (κ2) is 8.06. The fraction of sp³-hybridized carbons (Fsp3) is 0.500. The zero-order valence-electron chi connectivity index (χ0n) is 9.84. The van der Waals surface area contributed by atoms with Crippen molar-refractivity contribution in [3.8, 4) is 0 Å². The first-order valence-corrected chi connectivity index (χ1v) is 7.18. The fourth-order valence-corrected chi connectivity index (χ4v) is 2.48. The first-order valence-electron chi connectivity index (χ1n) is 5.14. The van der Waals surface area contributed by atoms with Gasteiger partial charge < -0.3 is 15.2 Å². The summed E-state index contributed by atoms with van der Waals surface area (Å²) in [7, 11) is 1.61. The molecule has 0 atom stereocenters. The summed E-state index contributed by atoms with van der Waals surface area (Å²) in [5.74, 6) is 0.00381. The summed E-state index contributed by atoms with van der Waals surface area (Å²) in [5, 5.41) is 13.3. The molecule has 0 fully saturated rings. The number of thioether (sulfide) groups is 1. The quantitative estimate of drug-likeness (QED) is 0.697. The Kier molecular flexibility index (Phi) is 6.69. The minimum absolute atomic E-state index is 0.130. The standard InChI is InChI=1S/C10H14N2O4S2/c1-16-2-3-17-6-8(13)12-10-11-7(5-18-10)4-9(14)15/h5H,2-4,6H2,1H3,(H,14,15)(H,11,12,13). The van der Waals surface area contributed by atoms with Gasteiger partial charge in [-0.3, -0.25) is 9.59 Å². The number of hydrogen-bond donors (Lipinski definition) is 2. The maximum atomic E-state index is 11.5. The van der Waals surface area contributed by atoms with Gasteiger partial charge in [-0.05, 0) is 0 Å². The molecule has 100 valence electrons. The van der Waals surface area contributed by atoms with Crippen LogP contribution in [0.4, 0.5) is 5.13 Å². The number of nitrogens with zero attached hydrogens (tertiary/aromatic N) is 1. The first-order chi connectivity index (χ1) is 8.61. The largest absolute Gasteiger partial charge is 0.481 e. The molecule has 1 amide bonds. The zero-order chi connectivity index (χ0) is 13.4. The number of carboxylic acid groups (broad SMARTS) is 1. The van der Waals surface area contributed by atoms with E-state index in [0.717, 1.165) is 5.75 Å². The molecular weight excluding hydrogens is 276 g/mol. The second-order valence-electron chi connectivity index (χ2n) is 3.31. The van der Waals surface area contributed by atoms with Crippen LogP contribution >= 0.6 is 23.1 Å². The van der Waals surface area contributed by atoms with Gasteiger partial charge in [0.15, 0.2) is 5.13 Å². The summed E-state index contributed by atoms with van der Waals surface area (Å²) >= 11 is 2.69. The molecule has 0 aromatic carbocycles. The molecule has 18 heavy (non-hydrogen) atoms. The smallest absolute Gasteiger partial charge is 0.309 e. The number of amides is 1. The number of methoxy groups -OCH3 is 1.